The quantitative estimate of drug-likeness (QED) is 0.451. The SMILES string of the molecule is CC(C)[C@@]1(O)CC[C@@H](C)[C@@H]2CCC(COC(=O)C=Cc3ccccc3)=C[C@@H]21. The Morgan fingerprint density at radius 2 is 2.04 bits per heavy atom. The summed E-state index contributed by atoms with van der Waals surface area (Å²) >= 11 is 0. The van der Waals surface area contributed by atoms with Crippen LogP contribution in [0, 0.1) is 23.7 Å². The molecule has 1 N–H and O–H groups in total. The zero-order valence-corrected chi connectivity index (χ0v) is 16.7. The van der Waals surface area contributed by atoms with Crippen molar-refractivity contribution >= 4 is 12.0 Å². The summed E-state index contributed by atoms with van der Waals surface area (Å²) in [6.45, 7) is 6.86. The summed E-state index contributed by atoms with van der Waals surface area (Å²) in [4.78, 5) is 12.0. The smallest absolute Gasteiger partial charge is 0.331 e. The van der Waals surface area contributed by atoms with E-state index in [0.29, 0.717) is 18.4 Å². The molecule has 4 atom stereocenters. The highest BCUT2D eigenvalue weighted by Crippen LogP contribution is 2.50. The summed E-state index contributed by atoms with van der Waals surface area (Å²) in [5.41, 5.74) is 1.48. The number of benzene rings is 1. The van der Waals surface area contributed by atoms with Crippen LogP contribution < -0.4 is 0 Å². The predicted molar refractivity (Wildman–Crippen MR) is 109 cm³/mol. The van der Waals surface area contributed by atoms with Crippen LogP contribution in [0.5, 0.6) is 0 Å². The van der Waals surface area contributed by atoms with E-state index in [1.54, 1.807) is 6.08 Å². The van der Waals surface area contributed by atoms with Crippen molar-refractivity contribution in [1.29, 1.82) is 0 Å². The van der Waals surface area contributed by atoms with E-state index in [1.807, 2.05) is 30.3 Å². The number of carbonyl (C=O) groups is 1. The number of aliphatic hydroxyl groups is 1. The normalized spacial score (nSPS) is 30.9. The number of rotatable bonds is 5. The van der Waals surface area contributed by atoms with Crippen molar-refractivity contribution in [3.05, 3.63) is 53.6 Å². The third kappa shape index (κ3) is 4.52. The zero-order valence-electron chi connectivity index (χ0n) is 16.7. The van der Waals surface area contributed by atoms with Gasteiger partial charge in [-0.25, -0.2) is 4.79 Å². The van der Waals surface area contributed by atoms with Crippen molar-refractivity contribution in [3.63, 3.8) is 0 Å². The van der Waals surface area contributed by atoms with E-state index in [0.717, 1.165) is 36.8 Å². The lowest BCUT2D eigenvalue weighted by Crippen LogP contribution is -2.51. The Morgan fingerprint density at radius 1 is 1.30 bits per heavy atom. The van der Waals surface area contributed by atoms with Crippen molar-refractivity contribution in [2.24, 2.45) is 23.7 Å². The first-order valence-corrected chi connectivity index (χ1v) is 10.2. The van der Waals surface area contributed by atoms with Gasteiger partial charge in [0.1, 0.15) is 6.61 Å². The van der Waals surface area contributed by atoms with Crippen LogP contribution in [-0.4, -0.2) is 23.3 Å². The highest BCUT2D eigenvalue weighted by molar-refractivity contribution is 5.87. The maximum absolute atomic E-state index is 12.0. The average Bonchev–Trinajstić information content (AvgIpc) is 2.68. The van der Waals surface area contributed by atoms with E-state index >= 15 is 0 Å². The van der Waals surface area contributed by atoms with E-state index in [-0.39, 0.29) is 17.8 Å². The van der Waals surface area contributed by atoms with E-state index in [4.69, 9.17) is 4.74 Å². The summed E-state index contributed by atoms with van der Waals surface area (Å²) in [5.74, 6) is 1.25. The second kappa shape index (κ2) is 8.43. The molecule has 0 unspecified atom stereocenters. The second-order valence-corrected chi connectivity index (χ2v) is 8.57. The van der Waals surface area contributed by atoms with Gasteiger partial charge >= 0.3 is 5.97 Å². The van der Waals surface area contributed by atoms with Crippen molar-refractivity contribution in [2.45, 2.75) is 52.1 Å². The molecular weight excluding hydrogens is 336 g/mol. The van der Waals surface area contributed by atoms with Crippen LogP contribution in [0.1, 0.15) is 52.0 Å². The lowest BCUT2D eigenvalue weighted by molar-refractivity contribution is -0.137. The van der Waals surface area contributed by atoms with Crippen LogP contribution in [0.2, 0.25) is 0 Å². The first-order valence-electron chi connectivity index (χ1n) is 10.2. The van der Waals surface area contributed by atoms with Crippen LogP contribution in [0.4, 0.5) is 0 Å². The zero-order chi connectivity index (χ0) is 19.4. The summed E-state index contributed by atoms with van der Waals surface area (Å²) in [7, 11) is 0. The first kappa shape index (κ1) is 19.9. The van der Waals surface area contributed by atoms with Gasteiger partial charge in [0.2, 0.25) is 0 Å². The third-order valence-corrected chi connectivity index (χ3v) is 6.59. The van der Waals surface area contributed by atoms with E-state index in [2.05, 4.69) is 26.8 Å². The van der Waals surface area contributed by atoms with Gasteiger partial charge in [0.15, 0.2) is 0 Å². The van der Waals surface area contributed by atoms with Crippen molar-refractivity contribution in [2.75, 3.05) is 6.61 Å². The highest BCUT2D eigenvalue weighted by Gasteiger charge is 2.48. The number of fused-ring (bicyclic) bond motifs is 1. The molecule has 0 heterocycles. The van der Waals surface area contributed by atoms with Crippen LogP contribution >= 0.6 is 0 Å². The molecule has 1 fully saturated rings. The molecule has 3 nitrogen and oxygen atoms in total. The standard InChI is InChI=1S/C24H32O3/c1-17(2)24(26)14-13-18(3)21-11-9-20(15-22(21)24)16-27-23(25)12-10-19-7-5-4-6-8-19/h4-8,10,12,15,17-18,21-22,26H,9,11,13-14,16H2,1-3H3/t18-,21+,22+,24+/m1/s1. The van der Waals surface area contributed by atoms with Crippen LogP contribution in [0.25, 0.3) is 6.08 Å². The van der Waals surface area contributed by atoms with Crippen molar-refractivity contribution in [3.8, 4) is 0 Å². The highest BCUT2D eigenvalue weighted by atomic mass is 16.5. The molecule has 0 saturated heterocycles. The van der Waals surface area contributed by atoms with E-state index in [1.165, 1.54) is 6.08 Å². The topological polar surface area (TPSA) is 46.5 Å². The molecule has 0 spiro atoms. The molecule has 0 aliphatic heterocycles. The molecule has 2 aliphatic carbocycles. The van der Waals surface area contributed by atoms with Gasteiger partial charge in [0, 0.05) is 12.0 Å². The predicted octanol–water partition coefficient (Wildman–Crippen LogP) is 5.01. The number of hydrogen-bond donors (Lipinski definition) is 1. The Kier molecular flexibility index (Phi) is 6.21. The summed E-state index contributed by atoms with van der Waals surface area (Å²) < 4.78 is 5.46. The molecule has 2 aliphatic rings. The minimum Gasteiger partial charge on any atom is -0.458 e. The van der Waals surface area contributed by atoms with Crippen molar-refractivity contribution in [1.82, 2.24) is 0 Å². The number of carbonyl (C=O) groups excluding carboxylic acids is 1. The van der Waals surface area contributed by atoms with Gasteiger partial charge in [-0.3, -0.25) is 0 Å². The molecule has 3 heteroatoms. The largest absolute Gasteiger partial charge is 0.458 e. The minimum absolute atomic E-state index is 0.170. The molecule has 0 aromatic heterocycles. The van der Waals surface area contributed by atoms with Gasteiger partial charge in [-0.05, 0) is 60.6 Å². The van der Waals surface area contributed by atoms with Crippen LogP contribution in [0.3, 0.4) is 0 Å². The Morgan fingerprint density at radius 3 is 2.74 bits per heavy atom. The molecule has 0 amide bonds. The molecule has 1 saturated carbocycles. The van der Waals surface area contributed by atoms with Gasteiger partial charge in [0.05, 0.1) is 5.60 Å². The fourth-order valence-corrected chi connectivity index (χ4v) is 4.72. The van der Waals surface area contributed by atoms with Gasteiger partial charge in [0.25, 0.3) is 0 Å². The van der Waals surface area contributed by atoms with Gasteiger partial charge < -0.3 is 9.84 Å². The molecule has 0 radical (unpaired) electrons. The molecule has 0 bridgehead atoms. The van der Waals surface area contributed by atoms with E-state index < -0.39 is 5.60 Å². The Hall–Kier alpha value is -1.87. The lowest BCUT2D eigenvalue weighted by Gasteiger charge is -2.51. The summed E-state index contributed by atoms with van der Waals surface area (Å²) in [6, 6.07) is 9.72. The first-order chi connectivity index (χ1) is 12.9. The van der Waals surface area contributed by atoms with Crippen molar-refractivity contribution < 1.29 is 14.6 Å². The third-order valence-electron chi connectivity index (χ3n) is 6.59. The van der Waals surface area contributed by atoms with Gasteiger partial charge in [-0.2, -0.15) is 0 Å². The Bertz CT molecular complexity index is 704. The van der Waals surface area contributed by atoms with E-state index in [9.17, 15) is 9.90 Å². The molecular formula is C24H32O3. The minimum atomic E-state index is -0.639. The number of hydrogen-bond acceptors (Lipinski definition) is 3. The molecule has 27 heavy (non-hydrogen) atoms. The lowest BCUT2D eigenvalue weighted by atomic mass is 9.58. The molecule has 146 valence electrons. The second-order valence-electron chi connectivity index (χ2n) is 8.57. The maximum atomic E-state index is 12.0. The van der Waals surface area contributed by atoms with Crippen LogP contribution in [0.15, 0.2) is 48.1 Å². The monoisotopic (exact) mass is 368 g/mol. The fourth-order valence-electron chi connectivity index (χ4n) is 4.72. The summed E-state index contributed by atoms with van der Waals surface area (Å²) in [6.07, 6.45) is 9.45. The van der Waals surface area contributed by atoms with Crippen LogP contribution in [-0.2, 0) is 9.53 Å². The summed E-state index contributed by atoms with van der Waals surface area (Å²) in [5, 5.41) is 11.3. The number of ether oxygens (including phenoxy) is 1. The van der Waals surface area contributed by atoms with Gasteiger partial charge in [-0.1, -0.05) is 57.2 Å². The molecule has 1 aromatic carbocycles. The van der Waals surface area contributed by atoms with Gasteiger partial charge in [-0.15, -0.1) is 0 Å². The molecule has 3 rings (SSSR count). The molecule has 1 aromatic rings. The fraction of sp³-hybridized carbons (Fsp3) is 0.542. The average molecular weight is 369 g/mol. The Labute approximate surface area is 163 Å². The Balaban J connectivity index is 1.63. The number of esters is 1. The maximum Gasteiger partial charge on any atom is 0.331 e.